The summed E-state index contributed by atoms with van der Waals surface area (Å²) in [5.41, 5.74) is 2.07. The molecule has 1 atom stereocenters. The molecule has 3 rings (SSSR count). The van der Waals surface area contributed by atoms with E-state index in [9.17, 15) is 4.79 Å². The molecule has 1 unspecified atom stereocenters. The first-order valence-corrected chi connectivity index (χ1v) is 10.1. The number of unbranched alkanes of at least 4 members (excludes halogenated alkanes) is 1. The van der Waals surface area contributed by atoms with E-state index in [2.05, 4.69) is 38.5 Å². The molecule has 0 fully saturated rings. The monoisotopic (exact) mass is 382 g/mol. The fourth-order valence-electron chi connectivity index (χ4n) is 3.46. The number of hydrogen-bond acceptors (Lipinski definition) is 3. The van der Waals surface area contributed by atoms with E-state index >= 15 is 0 Å². The Morgan fingerprint density at radius 2 is 2.18 bits per heavy atom. The molecule has 0 aliphatic carbocycles. The number of hydrogen-bond donors (Lipinski definition) is 3. The van der Waals surface area contributed by atoms with Crippen LogP contribution in [0.1, 0.15) is 43.5 Å². The molecule has 1 aliphatic rings. The Balaban J connectivity index is 1.50. The second kappa shape index (κ2) is 9.92. The van der Waals surface area contributed by atoms with Crippen LogP contribution in [0.4, 0.5) is 5.69 Å². The van der Waals surface area contributed by atoms with Crippen molar-refractivity contribution < 1.29 is 4.79 Å². The minimum atomic E-state index is 0.0617. The van der Waals surface area contributed by atoms with Crippen molar-refractivity contribution in [1.82, 2.24) is 20.2 Å². The summed E-state index contributed by atoms with van der Waals surface area (Å²) in [5.74, 6) is 2.04. The lowest BCUT2D eigenvalue weighted by Gasteiger charge is -2.24. The number of guanidine groups is 1. The smallest absolute Gasteiger partial charge is 0.225 e. The molecule has 2 heterocycles. The SMILES string of the molecule is CCNC(=NCC1CC(=O)Nc2ccccc21)NCCCCn1ccnc1C. The van der Waals surface area contributed by atoms with E-state index in [0.29, 0.717) is 13.0 Å². The van der Waals surface area contributed by atoms with E-state index in [4.69, 9.17) is 4.99 Å². The third-order valence-electron chi connectivity index (χ3n) is 4.96. The summed E-state index contributed by atoms with van der Waals surface area (Å²) in [6, 6.07) is 7.99. The fourth-order valence-corrected chi connectivity index (χ4v) is 3.46. The topological polar surface area (TPSA) is 83.3 Å². The zero-order valence-electron chi connectivity index (χ0n) is 16.7. The fraction of sp³-hybridized carbons (Fsp3) is 0.476. The summed E-state index contributed by atoms with van der Waals surface area (Å²) in [6.07, 6.45) is 6.47. The lowest BCUT2D eigenvalue weighted by atomic mass is 9.91. The number of rotatable bonds is 8. The van der Waals surface area contributed by atoms with Crippen LogP contribution in [0.15, 0.2) is 41.7 Å². The van der Waals surface area contributed by atoms with Gasteiger partial charge in [-0.1, -0.05) is 18.2 Å². The largest absolute Gasteiger partial charge is 0.357 e. The highest BCUT2D eigenvalue weighted by Crippen LogP contribution is 2.31. The van der Waals surface area contributed by atoms with Crippen LogP contribution in [0.2, 0.25) is 0 Å². The van der Waals surface area contributed by atoms with E-state index in [1.165, 1.54) is 0 Å². The van der Waals surface area contributed by atoms with Gasteiger partial charge < -0.3 is 20.5 Å². The molecule has 7 nitrogen and oxygen atoms in total. The first kappa shape index (κ1) is 19.9. The molecule has 0 radical (unpaired) electrons. The Labute approximate surface area is 166 Å². The molecule has 0 saturated carbocycles. The van der Waals surface area contributed by atoms with Gasteiger partial charge in [0.15, 0.2) is 5.96 Å². The molecule has 1 amide bonds. The normalized spacial score (nSPS) is 16.4. The van der Waals surface area contributed by atoms with Gasteiger partial charge in [-0.05, 0) is 38.3 Å². The molecule has 1 aromatic heterocycles. The molecule has 150 valence electrons. The quantitative estimate of drug-likeness (QED) is 0.372. The lowest BCUT2D eigenvalue weighted by Crippen LogP contribution is -2.38. The van der Waals surface area contributed by atoms with Crippen LogP contribution in [0.5, 0.6) is 0 Å². The molecule has 3 N–H and O–H groups in total. The lowest BCUT2D eigenvalue weighted by molar-refractivity contribution is -0.116. The zero-order chi connectivity index (χ0) is 19.8. The van der Waals surface area contributed by atoms with Gasteiger partial charge in [0.25, 0.3) is 0 Å². The van der Waals surface area contributed by atoms with Gasteiger partial charge in [-0.3, -0.25) is 9.79 Å². The predicted molar refractivity (Wildman–Crippen MR) is 113 cm³/mol. The maximum atomic E-state index is 12.0. The highest BCUT2D eigenvalue weighted by molar-refractivity contribution is 5.94. The standard InChI is InChI=1S/C21H30N6O/c1-3-22-21(24-10-6-7-12-27-13-11-23-16(27)2)25-15-17-14-20(28)26-19-9-5-4-8-18(17)19/h4-5,8-9,11,13,17H,3,6-7,10,12,14-15H2,1-2H3,(H,26,28)(H2,22,24,25). The summed E-state index contributed by atoms with van der Waals surface area (Å²) in [5, 5.41) is 9.64. The van der Waals surface area contributed by atoms with Crippen molar-refractivity contribution in [2.75, 3.05) is 25.0 Å². The average molecular weight is 383 g/mol. The van der Waals surface area contributed by atoms with Gasteiger partial charge in [0, 0.05) is 50.1 Å². The average Bonchev–Trinajstić information content (AvgIpc) is 3.10. The zero-order valence-corrected chi connectivity index (χ0v) is 16.7. The van der Waals surface area contributed by atoms with Crippen molar-refractivity contribution in [3.8, 4) is 0 Å². The van der Waals surface area contributed by atoms with Crippen molar-refractivity contribution in [3.05, 3.63) is 48.0 Å². The third kappa shape index (κ3) is 5.34. The highest BCUT2D eigenvalue weighted by atomic mass is 16.1. The van der Waals surface area contributed by atoms with E-state index in [1.807, 2.05) is 37.5 Å². The molecule has 0 bridgehead atoms. The Kier molecular flexibility index (Phi) is 7.06. The summed E-state index contributed by atoms with van der Waals surface area (Å²) < 4.78 is 2.17. The number of carbonyl (C=O) groups excluding carboxylic acids is 1. The Morgan fingerprint density at radius 3 is 2.96 bits per heavy atom. The Hall–Kier alpha value is -2.83. The van der Waals surface area contributed by atoms with Crippen LogP contribution in [-0.2, 0) is 11.3 Å². The summed E-state index contributed by atoms with van der Waals surface area (Å²) in [6.45, 7) is 7.33. The van der Waals surface area contributed by atoms with Crippen molar-refractivity contribution >= 4 is 17.6 Å². The molecule has 28 heavy (non-hydrogen) atoms. The molecule has 0 spiro atoms. The Morgan fingerprint density at radius 1 is 1.32 bits per heavy atom. The number of para-hydroxylation sites is 1. The number of anilines is 1. The number of nitrogens with one attached hydrogen (secondary N) is 3. The van der Waals surface area contributed by atoms with Gasteiger partial charge in [-0.2, -0.15) is 0 Å². The molecular weight excluding hydrogens is 352 g/mol. The third-order valence-corrected chi connectivity index (χ3v) is 4.96. The number of carbonyl (C=O) groups is 1. The number of imidazole rings is 1. The van der Waals surface area contributed by atoms with E-state index in [0.717, 1.165) is 55.5 Å². The number of aromatic nitrogens is 2. The highest BCUT2D eigenvalue weighted by Gasteiger charge is 2.24. The molecule has 1 aromatic carbocycles. The van der Waals surface area contributed by atoms with Crippen LogP contribution in [0.3, 0.4) is 0 Å². The summed E-state index contributed by atoms with van der Waals surface area (Å²) in [7, 11) is 0. The number of benzene rings is 1. The minimum Gasteiger partial charge on any atom is -0.357 e. The molecule has 0 saturated heterocycles. The van der Waals surface area contributed by atoms with Crippen LogP contribution in [0.25, 0.3) is 0 Å². The van der Waals surface area contributed by atoms with Gasteiger partial charge >= 0.3 is 0 Å². The maximum absolute atomic E-state index is 12.0. The van der Waals surface area contributed by atoms with Gasteiger partial charge in [-0.15, -0.1) is 0 Å². The van der Waals surface area contributed by atoms with E-state index < -0.39 is 0 Å². The van der Waals surface area contributed by atoms with Crippen molar-refractivity contribution in [3.63, 3.8) is 0 Å². The first-order valence-electron chi connectivity index (χ1n) is 10.1. The van der Waals surface area contributed by atoms with Crippen molar-refractivity contribution in [2.45, 2.75) is 45.6 Å². The molecule has 7 heteroatoms. The number of aryl methyl sites for hydroxylation is 2. The van der Waals surface area contributed by atoms with Crippen LogP contribution in [-0.4, -0.2) is 41.1 Å². The summed E-state index contributed by atoms with van der Waals surface area (Å²) >= 11 is 0. The van der Waals surface area contributed by atoms with Crippen molar-refractivity contribution in [2.24, 2.45) is 4.99 Å². The molecular formula is C21H30N6O. The van der Waals surface area contributed by atoms with Crippen LogP contribution in [0, 0.1) is 6.92 Å². The second-order valence-corrected chi connectivity index (χ2v) is 7.06. The van der Waals surface area contributed by atoms with Gasteiger partial charge in [0.05, 0.1) is 6.54 Å². The second-order valence-electron chi connectivity index (χ2n) is 7.06. The molecule has 2 aromatic rings. The number of nitrogens with zero attached hydrogens (tertiary/aromatic N) is 3. The van der Waals surface area contributed by atoms with Gasteiger partial charge in [0.1, 0.15) is 5.82 Å². The molecule has 1 aliphatic heterocycles. The number of aliphatic imine (C=N–C) groups is 1. The van der Waals surface area contributed by atoms with Crippen LogP contribution < -0.4 is 16.0 Å². The van der Waals surface area contributed by atoms with Crippen molar-refractivity contribution in [1.29, 1.82) is 0 Å². The van der Waals surface area contributed by atoms with Gasteiger partial charge in [0.2, 0.25) is 5.91 Å². The van der Waals surface area contributed by atoms with E-state index in [1.54, 1.807) is 0 Å². The Bertz CT molecular complexity index is 813. The maximum Gasteiger partial charge on any atom is 0.225 e. The minimum absolute atomic E-state index is 0.0617. The van der Waals surface area contributed by atoms with E-state index in [-0.39, 0.29) is 11.8 Å². The predicted octanol–water partition coefficient (Wildman–Crippen LogP) is 2.65. The summed E-state index contributed by atoms with van der Waals surface area (Å²) in [4.78, 5) is 21.0. The van der Waals surface area contributed by atoms with Gasteiger partial charge in [-0.25, -0.2) is 4.98 Å². The van der Waals surface area contributed by atoms with Crippen LogP contribution >= 0.6 is 0 Å². The first-order chi connectivity index (χ1) is 13.7. The number of amides is 1. The number of fused-ring (bicyclic) bond motifs is 1.